The van der Waals surface area contributed by atoms with Gasteiger partial charge in [0, 0.05) is 5.69 Å². The monoisotopic (exact) mass is 309 g/mol. The minimum absolute atomic E-state index is 0.0654. The molecule has 6 heteroatoms. The van der Waals surface area contributed by atoms with Gasteiger partial charge in [-0.15, -0.1) is 0 Å². The molecule has 21 heavy (non-hydrogen) atoms. The molecule has 0 aliphatic rings. The summed E-state index contributed by atoms with van der Waals surface area (Å²) in [4.78, 5) is 11.7. The van der Waals surface area contributed by atoms with Gasteiger partial charge in [-0.05, 0) is 35.9 Å². The smallest absolute Gasteiger partial charge is 0.262 e. The molecule has 4 nitrogen and oxygen atoms in total. The standard InChI is InChI=1S/C15H13ClFNO3/c16-13-7-11(4-5-14(13)17)18-15(20)9-21-12-3-1-2-10(6-12)8-19/h1-7,19H,8-9H2,(H,18,20). The predicted molar refractivity (Wildman–Crippen MR) is 77.9 cm³/mol. The van der Waals surface area contributed by atoms with Crippen molar-refractivity contribution in [2.45, 2.75) is 6.61 Å². The van der Waals surface area contributed by atoms with Gasteiger partial charge in [-0.1, -0.05) is 23.7 Å². The number of nitrogens with one attached hydrogen (secondary N) is 1. The maximum Gasteiger partial charge on any atom is 0.262 e. The Morgan fingerprint density at radius 2 is 2.10 bits per heavy atom. The van der Waals surface area contributed by atoms with Crippen LogP contribution in [-0.2, 0) is 11.4 Å². The van der Waals surface area contributed by atoms with E-state index in [9.17, 15) is 9.18 Å². The summed E-state index contributed by atoms with van der Waals surface area (Å²) in [5.41, 5.74) is 1.08. The maximum absolute atomic E-state index is 13.0. The molecule has 0 aromatic heterocycles. The predicted octanol–water partition coefficient (Wildman–Crippen LogP) is 2.99. The van der Waals surface area contributed by atoms with Crippen molar-refractivity contribution in [1.82, 2.24) is 0 Å². The van der Waals surface area contributed by atoms with Crippen LogP contribution >= 0.6 is 11.6 Å². The molecule has 1 amide bonds. The second-order valence-electron chi connectivity index (χ2n) is 4.27. The molecule has 0 atom stereocenters. The molecule has 2 aromatic rings. The number of hydrogen-bond donors (Lipinski definition) is 2. The normalized spacial score (nSPS) is 10.2. The van der Waals surface area contributed by atoms with Gasteiger partial charge in [-0.2, -0.15) is 0 Å². The molecule has 0 aliphatic heterocycles. The fourth-order valence-electron chi connectivity index (χ4n) is 1.65. The van der Waals surface area contributed by atoms with E-state index in [4.69, 9.17) is 21.4 Å². The second-order valence-corrected chi connectivity index (χ2v) is 4.68. The molecule has 0 heterocycles. The molecule has 0 saturated heterocycles. The topological polar surface area (TPSA) is 58.6 Å². The lowest BCUT2D eigenvalue weighted by molar-refractivity contribution is -0.118. The largest absolute Gasteiger partial charge is 0.484 e. The third kappa shape index (κ3) is 4.44. The van der Waals surface area contributed by atoms with Crippen molar-refractivity contribution >= 4 is 23.2 Å². The summed E-state index contributed by atoms with van der Waals surface area (Å²) in [5.74, 6) is -0.465. The summed E-state index contributed by atoms with van der Waals surface area (Å²) in [6.07, 6.45) is 0. The van der Waals surface area contributed by atoms with Crippen LogP contribution in [0.15, 0.2) is 42.5 Å². The minimum atomic E-state index is -0.549. The molecule has 2 aromatic carbocycles. The van der Waals surface area contributed by atoms with Crippen LogP contribution in [0, 0.1) is 5.82 Å². The average molecular weight is 310 g/mol. The van der Waals surface area contributed by atoms with Gasteiger partial charge in [0.15, 0.2) is 6.61 Å². The van der Waals surface area contributed by atoms with E-state index < -0.39 is 11.7 Å². The van der Waals surface area contributed by atoms with Crippen LogP contribution in [0.1, 0.15) is 5.56 Å². The first-order chi connectivity index (χ1) is 10.1. The van der Waals surface area contributed by atoms with E-state index in [-0.39, 0.29) is 18.2 Å². The van der Waals surface area contributed by atoms with Gasteiger partial charge in [0.05, 0.1) is 11.6 Å². The molecule has 2 N–H and O–H groups in total. The van der Waals surface area contributed by atoms with Crippen LogP contribution in [0.3, 0.4) is 0 Å². The molecule has 2 rings (SSSR count). The van der Waals surface area contributed by atoms with E-state index in [2.05, 4.69) is 5.32 Å². The van der Waals surface area contributed by atoms with Gasteiger partial charge in [0.25, 0.3) is 5.91 Å². The first-order valence-corrected chi connectivity index (χ1v) is 6.54. The number of halogens is 2. The van der Waals surface area contributed by atoms with Gasteiger partial charge in [-0.25, -0.2) is 4.39 Å². The highest BCUT2D eigenvalue weighted by Crippen LogP contribution is 2.19. The van der Waals surface area contributed by atoms with Gasteiger partial charge >= 0.3 is 0 Å². The van der Waals surface area contributed by atoms with Gasteiger partial charge in [0.2, 0.25) is 0 Å². The highest BCUT2D eigenvalue weighted by molar-refractivity contribution is 6.31. The Balaban J connectivity index is 1.91. The summed E-state index contributed by atoms with van der Waals surface area (Å²) < 4.78 is 18.3. The first-order valence-electron chi connectivity index (χ1n) is 6.16. The Bertz CT molecular complexity index is 649. The lowest BCUT2D eigenvalue weighted by atomic mass is 10.2. The summed E-state index contributed by atoms with van der Waals surface area (Å²) >= 11 is 5.62. The number of carbonyl (C=O) groups excluding carboxylic acids is 1. The average Bonchev–Trinajstić information content (AvgIpc) is 2.49. The van der Waals surface area contributed by atoms with E-state index in [1.807, 2.05) is 0 Å². The molecular weight excluding hydrogens is 297 g/mol. The molecule has 0 spiro atoms. The zero-order valence-corrected chi connectivity index (χ0v) is 11.7. The van der Waals surface area contributed by atoms with Crippen molar-refractivity contribution in [3.8, 4) is 5.75 Å². The number of aliphatic hydroxyl groups excluding tert-OH is 1. The molecule has 0 unspecified atom stereocenters. The van der Waals surface area contributed by atoms with E-state index in [0.29, 0.717) is 17.0 Å². The Morgan fingerprint density at radius 1 is 1.29 bits per heavy atom. The van der Waals surface area contributed by atoms with Gasteiger partial charge in [-0.3, -0.25) is 4.79 Å². The van der Waals surface area contributed by atoms with Crippen LogP contribution in [-0.4, -0.2) is 17.6 Å². The van der Waals surface area contributed by atoms with Crippen LogP contribution in [0.5, 0.6) is 5.75 Å². The molecule has 0 radical (unpaired) electrons. The lowest BCUT2D eigenvalue weighted by Crippen LogP contribution is -2.20. The van der Waals surface area contributed by atoms with E-state index in [1.165, 1.54) is 18.2 Å². The number of aliphatic hydroxyl groups is 1. The quantitative estimate of drug-likeness (QED) is 0.892. The molecule has 0 aliphatic carbocycles. The van der Waals surface area contributed by atoms with Crippen molar-refractivity contribution in [1.29, 1.82) is 0 Å². The summed E-state index contributed by atoms with van der Waals surface area (Å²) in [7, 11) is 0. The Kier molecular flexibility index (Phi) is 5.14. The number of benzene rings is 2. The van der Waals surface area contributed by atoms with Crippen molar-refractivity contribution < 1.29 is 19.0 Å². The highest BCUT2D eigenvalue weighted by atomic mass is 35.5. The van der Waals surface area contributed by atoms with Crippen LogP contribution in [0.4, 0.5) is 10.1 Å². The number of anilines is 1. The Morgan fingerprint density at radius 3 is 2.81 bits per heavy atom. The van der Waals surface area contributed by atoms with Crippen molar-refractivity contribution in [3.05, 3.63) is 58.9 Å². The summed E-state index contributed by atoms with van der Waals surface area (Å²) in [5, 5.41) is 11.5. The fraction of sp³-hybridized carbons (Fsp3) is 0.133. The Hall–Kier alpha value is -2.11. The molecule has 0 saturated carbocycles. The number of carbonyl (C=O) groups is 1. The van der Waals surface area contributed by atoms with E-state index in [1.54, 1.807) is 24.3 Å². The molecular formula is C15H13ClFNO3. The Labute approximate surface area is 126 Å². The molecule has 0 bridgehead atoms. The number of amides is 1. The fourth-order valence-corrected chi connectivity index (χ4v) is 1.83. The third-order valence-corrected chi connectivity index (χ3v) is 2.94. The molecule has 0 fully saturated rings. The minimum Gasteiger partial charge on any atom is -0.484 e. The second kappa shape index (κ2) is 7.06. The third-order valence-electron chi connectivity index (χ3n) is 2.65. The van der Waals surface area contributed by atoms with Gasteiger partial charge in [0.1, 0.15) is 11.6 Å². The van der Waals surface area contributed by atoms with Crippen LogP contribution < -0.4 is 10.1 Å². The van der Waals surface area contributed by atoms with Crippen molar-refractivity contribution in [2.75, 3.05) is 11.9 Å². The number of rotatable bonds is 5. The van der Waals surface area contributed by atoms with Crippen LogP contribution in [0.25, 0.3) is 0 Å². The zero-order chi connectivity index (χ0) is 15.2. The lowest BCUT2D eigenvalue weighted by Gasteiger charge is -2.08. The van der Waals surface area contributed by atoms with Crippen molar-refractivity contribution in [2.24, 2.45) is 0 Å². The SMILES string of the molecule is O=C(COc1cccc(CO)c1)Nc1ccc(F)c(Cl)c1. The first kappa shape index (κ1) is 15.3. The molecule has 110 valence electrons. The van der Waals surface area contributed by atoms with Gasteiger partial charge < -0.3 is 15.2 Å². The highest BCUT2D eigenvalue weighted by Gasteiger charge is 2.06. The number of hydrogen-bond acceptors (Lipinski definition) is 3. The van der Waals surface area contributed by atoms with Crippen LogP contribution in [0.2, 0.25) is 5.02 Å². The maximum atomic E-state index is 13.0. The van der Waals surface area contributed by atoms with E-state index in [0.717, 1.165) is 0 Å². The zero-order valence-electron chi connectivity index (χ0n) is 11.0. The number of ether oxygens (including phenoxy) is 1. The van der Waals surface area contributed by atoms with E-state index >= 15 is 0 Å². The summed E-state index contributed by atoms with van der Waals surface area (Å²) in [6, 6.07) is 10.7. The van der Waals surface area contributed by atoms with Crippen molar-refractivity contribution in [3.63, 3.8) is 0 Å². The summed E-state index contributed by atoms with van der Waals surface area (Å²) in [6.45, 7) is -0.304.